The van der Waals surface area contributed by atoms with E-state index in [4.69, 9.17) is 0 Å². The molecule has 128 valence electrons. The van der Waals surface area contributed by atoms with E-state index in [2.05, 4.69) is 30.0 Å². The summed E-state index contributed by atoms with van der Waals surface area (Å²) in [4.78, 5) is 16.5. The molecule has 3 aliphatic heterocycles. The second-order valence-corrected chi connectivity index (χ2v) is 8.29. The van der Waals surface area contributed by atoms with Crippen molar-refractivity contribution >= 4 is 12.1 Å². The molecule has 1 aromatic carbocycles. The van der Waals surface area contributed by atoms with Crippen LogP contribution in [0.2, 0.25) is 0 Å². The number of hydrogen-bond donors (Lipinski definition) is 1. The van der Waals surface area contributed by atoms with Gasteiger partial charge in [0.1, 0.15) is 0 Å². The van der Waals surface area contributed by atoms with E-state index in [1.807, 2.05) is 11.0 Å². The molecule has 3 heterocycles. The summed E-state index contributed by atoms with van der Waals surface area (Å²) in [5, 5.41) is 11.2. The molecule has 5 rings (SSSR count). The van der Waals surface area contributed by atoms with Gasteiger partial charge in [-0.1, -0.05) is 25.1 Å². The molecular formula is C20H26N2O2. The van der Waals surface area contributed by atoms with Gasteiger partial charge in [-0.3, -0.25) is 9.69 Å². The van der Waals surface area contributed by atoms with Crippen molar-refractivity contribution in [1.29, 1.82) is 0 Å². The zero-order valence-corrected chi connectivity index (χ0v) is 14.3. The third-order valence-electron chi connectivity index (χ3n) is 7.67. The maximum absolute atomic E-state index is 12.0. The SMILES string of the molecule is CCC12CCCN3CCC4(c5ccccc5N(C=O)C4C(O)C1)C32. The fraction of sp³-hybridized carbons (Fsp3) is 0.650. The summed E-state index contributed by atoms with van der Waals surface area (Å²) in [6.45, 7) is 4.55. The molecule has 1 aliphatic carbocycles. The minimum Gasteiger partial charge on any atom is -0.391 e. The molecule has 1 spiro atoms. The molecule has 1 saturated carbocycles. The maximum Gasteiger partial charge on any atom is 0.214 e. The Hall–Kier alpha value is -1.39. The lowest BCUT2D eigenvalue weighted by atomic mass is 9.51. The Labute approximate surface area is 143 Å². The van der Waals surface area contributed by atoms with Gasteiger partial charge in [-0.05, 0) is 62.2 Å². The summed E-state index contributed by atoms with van der Waals surface area (Å²) in [5.74, 6) is 0. The van der Waals surface area contributed by atoms with Crippen molar-refractivity contribution in [2.24, 2.45) is 5.41 Å². The number of carbonyl (C=O) groups excluding carboxylic acids is 1. The molecule has 5 unspecified atom stereocenters. The topological polar surface area (TPSA) is 43.8 Å². The van der Waals surface area contributed by atoms with Gasteiger partial charge in [0.15, 0.2) is 0 Å². The molecule has 2 saturated heterocycles. The van der Waals surface area contributed by atoms with Crippen molar-refractivity contribution in [3.8, 4) is 0 Å². The lowest BCUT2D eigenvalue weighted by Gasteiger charge is -2.59. The van der Waals surface area contributed by atoms with Crippen LogP contribution in [0.3, 0.4) is 0 Å². The second kappa shape index (κ2) is 4.83. The van der Waals surface area contributed by atoms with E-state index in [0.29, 0.717) is 6.04 Å². The van der Waals surface area contributed by atoms with E-state index >= 15 is 0 Å². The van der Waals surface area contributed by atoms with Crippen LogP contribution < -0.4 is 4.90 Å². The quantitative estimate of drug-likeness (QED) is 0.848. The highest BCUT2D eigenvalue weighted by atomic mass is 16.3. The average Bonchev–Trinajstić information content (AvgIpc) is 3.14. The molecule has 1 aromatic rings. The van der Waals surface area contributed by atoms with E-state index in [9.17, 15) is 9.90 Å². The van der Waals surface area contributed by atoms with Crippen LogP contribution in [0.25, 0.3) is 0 Å². The predicted molar refractivity (Wildman–Crippen MR) is 93.0 cm³/mol. The van der Waals surface area contributed by atoms with Crippen molar-refractivity contribution in [2.75, 3.05) is 18.0 Å². The first-order valence-corrected chi connectivity index (χ1v) is 9.43. The fourth-order valence-electron chi connectivity index (χ4n) is 7.01. The normalized spacial score (nSPS) is 43.2. The molecule has 0 aromatic heterocycles. The van der Waals surface area contributed by atoms with E-state index in [1.54, 1.807) is 0 Å². The third kappa shape index (κ3) is 1.50. The molecular weight excluding hydrogens is 300 g/mol. The Bertz CT molecular complexity index is 692. The Morgan fingerprint density at radius 1 is 1.29 bits per heavy atom. The van der Waals surface area contributed by atoms with Gasteiger partial charge in [0.05, 0.1) is 12.1 Å². The first-order valence-electron chi connectivity index (χ1n) is 9.43. The number of para-hydroxylation sites is 1. The summed E-state index contributed by atoms with van der Waals surface area (Å²) >= 11 is 0. The number of anilines is 1. The Morgan fingerprint density at radius 3 is 2.92 bits per heavy atom. The maximum atomic E-state index is 12.0. The van der Waals surface area contributed by atoms with E-state index in [1.165, 1.54) is 24.9 Å². The standard InChI is InChI=1S/C20H26N2O2/c1-2-19-8-5-10-21-11-9-20(18(19)21)14-6-3-4-7-15(14)22(13-23)17(20)16(24)12-19/h3-4,6-7,13,16-18,24H,2,5,8-12H2,1H3. The van der Waals surface area contributed by atoms with Crippen molar-refractivity contribution in [2.45, 2.75) is 62.6 Å². The van der Waals surface area contributed by atoms with Crippen LogP contribution in [0.1, 0.15) is 44.6 Å². The third-order valence-corrected chi connectivity index (χ3v) is 7.67. The van der Waals surface area contributed by atoms with Gasteiger partial charge in [-0.25, -0.2) is 0 Å². The van der Waals surface area contributed by atoms with Crippen molar-refractivity contribution in [1.82, 2.24) is 4.90 Å². The van der Waals surface area contributed by atoms with Crippen LogP contribution in [-0.4, -0.2) is 47.7 Å². The number of aliphatic hydroxyl groups excluding tert-OH is 1. The molecule has 5 atom stereocenters. The molecule has 1 amide bonds. The summed E-state index contributed by atoms with van der Waals surface area (Å²) in [5.41, 5.74) is 2.42. The smallest absolute Gasteiger partial charge is 0.214 e. The summed E-state index contributed by atoms with van der Waals surface area (Å²) in [6, 6.07) is 8.74. The number of piperidine rings is 1. The number of rotatable bonds is 2. The van der Waals surface area contributed by atoms with Crippen molar-refractivity contribution in [3.63, 3.8) is 0 Å². The Kier molecular flexibility index (Phi) is 3.00. The van der Waals surface area contributed by atoms with Crippen molar-refractivity contribution in [3.05, 3.63) is 29.8 Å². The van der Waals surface area contributed by atoms with E-state index in [-0.39, 0.29) is 16.9 Å². The molecule has 4 heteroatoms. The van der Waals surface area contributed by atoms with Gasteiger partial charge < -0.3 is 10.0 Å². The average molecular weight is 326 g/mol. The zero-order valence-electron chi connectivity index (χ0n) is 14.3. The first kappa shape index (κ1) is 14.9. The Balaban J connectivity index is 1.78. The highest BCUT2D eigenvalue weighted by Gasteiger charge is 2.70. The summed E-state index contributed by atoms with van der Waals surface area (Å²) in [6.07, 6.45) is 5.96. The van der Waals surface area contributed by atoms with Gasteiger partial charge in [0.2, 0.25) is 6.41 Å². The molecule has 24 heavy (non-hydrogen) atoms. The van der Waals surface area contributed by atoms with Crippen LogP contribution in [0.15, 0.2) is 24.3 Å². The lowest BCUT2D eigenvalue weighted by molar-refractivity contribution is -0.113. The number of hydrogen-bond acceptors (Lipinski definition) is 3. The second-order valence-electron chi connectivity index (χ2n) is 8.29. The number of amides is 1. The minimum absolute atomic E-state index is 0.0917. The lowest BCUT2D eigenvalue weighted by Crippen LogP contribution is -2.68. The van der Waals surface area contributed by atoms with Gasteiger partial charge in [-0.2, -0.15) is 0 Å². The van der Waals surface area contributed by atoms with E-state index in [0.717, 1.165) is 37.9 Å². The number of nitrogens with zero attached hydrogens (tertiary/aromatic N) is 2. The highest BCUT2D eigenvalue weighted by molar-refractivity contribution is 5.84. The van der Waals surface area contributed by atoms with Crippen LogP contribution in [0.5, 0.6) is 0 Å². The highest BCUT2D eigenvalue weighted by Crippen LogP contribution is 2.65. The van der Waals surface area contributed by atoms with Gasteiger partial charge >= 0.3 is 0 Å². The predicted octanol–water partition coefficient (Wildman–Crippen LogP) is 2.30. The van der Waals surface area contributed by atoms with Crippen LogP contribution in [-0.2, 0) is 10.2 Å². The van der Waals surface area contributed by atoms with Crippen molar-refractivity contribution < 1.29 is 9.90 Å². The molecule has 4 aliphatic rings. The monoisotopic (exact) mass is 326 g/mol. The van der Waals surface area contributed by atoms with Gasteiger partial charge in [0, 0.05) is 17.1 Å². The number of aliphatic hydroxyl groups is 1. The minimum atomic E-state index is -0.433. The van der Waals surface area contributed by atoms with Crippen LogP contribution >= 0.6 is 0 Å². The first-order chi connectivity index (χ1) is 11.7. The van der Waals surface area contributed by atoms with Crippen LogP contribution in [0, 0.1) is 5.41 Å². The molecule has 0 bridgehead atoms. The fourth-order valence-corrected chi connectivity index (χ4v) is 7.01. The number of benzene rings is 1. The van der Waals surface area contributed by atoms with E-state index < -0.39 is 6.10 Å². The summed E-state index contributed by atoms with van der Waals surface area (Å²) in [7, 11) is 0. The number of carbonyl (C=O) groups is 1. The van der Waals surface area contributed by atoms with Gasteiger partial charge in [0.25, 0.3) is 0 Å². The van der Waals surface area contributed by atoms with Crippen LogP contribution in [0.4, 0.5) is 5.69 Å². The largest absolute Gasteiger partial charge is 0.391 e. The summed E-state index contributed by atoms with van der Waals surface area (Å²) < 4.78 is 0. The Morgan fingerprint density at radius 2 is 2.12 bits per heavy atom. The molecule has 3 fully saturated rings. The number of fused-ring (bicyclic) bond motifs is 1. The molecule has 4 nitrogen and oxygen atoms in total. The zero-order chi connectivity index (χ0) is 16.5. The van der Waals surface area contributed by atoms with Gasteiger partial charge in [-0.15, -0.1) is 0 Å². The molecule has 0 radical (unpaired) electrons. The molecule has 1 N–H and O–H groups in total.